The van der Waals surface area contributed by atoms with E-state index in [9.17, 15) is 9.59 Å². The van der Waals surface area contributed by atoms with E-state index in [1.165, 1.54) is 0 Å². The molecule has 2 aromatic carbocycles. The molecule has 7 heteroatoms. The summed E-state index contributed by atoms with van der Waals surface area (Å²) in [5, 5.41) is 9.46. The first-order chi connectivity index (χ1) is 14.7. The summed E-state index contributed by atoms with van der Waals surface area (Å²) in [6.07, 6.45) is 2.34. The molecule has 30 heavy (non-hydrogen) atoms. The van der Waals surface area contributed by atoms with Crippen molar-refractivity contribution in [1.29, 1.82) is 0 Å². The Hall–Kier alpha value is -4.00. The first-order valence-electron chi connectivity index (χ1n) is 9.62. The third-order valence-corrected chi connectivity index (χ3v) is 4.67. The first-order valence-corrected chi connectivity index (χ1v) is 9.62. The lowest BCUT2D eigenvalue weighted by atomic mass is 9.95. The number of H-pyrrole nitrogens is 1. The SMILES string of the molecule is CCc1cnc(CNC(=O)c2c(-c3ccccc3)c(-c3ccccc3)n[nH]c2=O)o1. The van der Waals surface area contributed by atoms with Crippen LogP contribution < -0.4 is 10.9 Å². The van der Waals surface area contributed by atoms with Crippen molar-refractivity contribution in [2.45, 2.75) is 19.9 Å². The van der Waals surface area contributed by atoms with Crippen molar-refractivity contribution >= 4 is 5.91 Å². The van der Waals surface area contributed by atoms with E-state index in [1.54, 1.807) is 6.20 Å². The van der Waals surface area contributed by atoms with Gasteiger partial charge in [-0.2, -0.15) is 5.10 Å². The number of amides is 1. The lowest BCUT2D eigenvalue weighted by Gasteiger charge is -2.13. The van der Waals surface area contributed by atoms with Crippen LogP contribution in [0.15, 0.2) is 76.1 Å². The predicted molar refractivity (Wildman–Crippen MR) is 113 cm³/mol. The third-order valence-electron chi connectivity index (χ3n) is 4.67. The number of aromatic amines is 1. The third kappa shape index (κ3) is 3.91. The van der Waals surface area contributed by atoms with Crippen molar-refractivity contribution in [1.82, 2.24) is 20.5 Å². The maximum atomic E-state index is 13.1. The van der Waals surface area contributed by atoms with Crippen molar-refractivity contribution in [2.24, 2.45) is 0 Å². The highest BCUT2D eigenvalue weighted by Crippen LogP contribution is 2.31. The Labute approximate surface area is 172 Å². The highest BCUT2D eigenvalue weighted by molar-refractivity contribution is 6.03. The van der Waals surface area contributed by atoms with Crippen LogP contribution in [0, 0.1) is 0 Å². The molecule has 0 spiro atoms. The van der Waals surface area contributed by atoms with Gasteiger partial charge < -0.3 is 9.73 Å². The fourth-order valence-electron chi connectivity index (χ4n) is 3.20. The number of aryl methyl sites for hydroxylation is 1. The summed E-state index contributed by atoms with van der Waals surface area (Å²) in [6.45, 7) is 2.03. The normalized spacial score (nSPS) is 10.7. The van der Waals surface area contributed by atoms with E-state index in [-0.39, 0.29) is 12.1 Å². The van der Waals surface area contributed by atoms with Crippen LogP contribution in [0.4, 0.5) is 0 Å². The number of hydrogen-bond donors (Lipinski definition) is 2. The average Bonchev–Trinajstić information content (AvgIpc) is 3.26. The van der Waals surface area contributed by atoms with E-state index < -0.39 is 11.5 Å². The Kier molecular flexibility index (Phi) is 5.52. The van der Waals surface area contributed by atoms with Crippen molar-refractivity contribution in [3.63, 3.8) is 0 Å². The van der Waals surface area contributed by atoms with Gasteiger partial charge in [-0.1, -0.05) is 67.6 Å². The van der Waals surface area contributed by atoms with Gasteiger partial charge in [0.05, 0.1) is 18.4 Å². The second-order valence-electron chi connectivity index (χ2n) is 6.64. The van der Waals surface area contributed by atoms with Gasteiger partial charge in [0, 0.05) is 17.5 Å². The fraction of sp³-hybridized carbons (Fsp3) is 0.130. The molecule has 150 valence electrons. The molecule has 0 fully saturated rings. The number of rotatable bonds is 6. The van der Waals surface area contributed by atoms with Gasteiger partial charge in [0.2, 0.25) is 5.89 Å². The average molecular weight is 400 g/mol. The minimum atomic E-state index is -0.562. The molecule has 0 unspecified atom stereocenters. The molecule has 0 aliphatic rings. The minimum absolute atomic E-state index is 0.00248. The first kappa shape index (κ1) is 19.3. The lowest BCUT2D eigenvalue weighted by Crippen LogP contribution is -2.31. The highest BCUT2D eigenvalue weighted by Gasteiger charge is 2.23. The Morgan fingerprint density at radius 2 is 1.70 bits per heavy atom. The molecule has 0 aliphatic carbocycles. The van der Waals surface area contributed by atoms with Crippen molar-refractivity contribution in [3.8, 4) is 22.4 Å². The monoisotopic (exact) mass is 400 g/mol. The summed E-state index contributed by atoms with van der Waals surface area (Å²) < 4.78 is 5.53. The molecule has 4 aromatic rings. The maximum absolute atomic E-state index is 13.1. The van der Waals surface area contributed by atoms with Crippen LogP contribution in [0.2, 0.25) is 0 Å². The van der Waals surface area contributed by atoms with Crippen molar-refractivity contribution in [2.75, 3.05) is 0 Å². The number of carbonyl (C=O) groups excluding carboxylic acids is 1. The largest absolute Gasteiger partial charge is 0.444 e. The molecule has 1 amide bonds. The molecule has 0 radical (unpaired) electrons. The highest BCUT2D eigenvalue weighted by atomic mass is 16.4. The summed E-state index contributed by atoms with van der Waals surface area (Å²) in [7, 11) is 0. The summed E-state index contributed by atoms with van der Waals surface area (Å²) in [6, 6.07) is 18.7. The molecule has 7 nitrogen and oxygen atoms in total. The number of carbonyl (C=O) groups is 1. The van der Waals surface area contributed by atoms with Crippen LogP contribution >= 0.6 is 0 Å². The zero-order valence-corrected chi connectivity index (χ0v) is 16.4. The molecule has 0 atom stereocenters. The summed E-state index contributed by atoms with van der Waals surface area (Å²) in [5.41, 5.74) is 1.96. The van der Waals surface area contributed by atoms with Gasteiger partial charge in [0.15, 0.2) is 0 Å². The Balaban J connectivity index is 1.78. The molecule has 2 N–H and O–H groups in total. The van der Waals surface area contributed by atoms with Crippen molar-refractivity contribution in [3.05, 3.63) is 94.4 Å². The van der Waals surface area contributed by atoms with Gasteiger partial charge in [0.25, 0.3) is 11.5 Å². The van der Waals surface area contributed by atoms with E-state index >= 15 is 0 Å². The van der Waals surface area contributed by atoms with Gasteiger partial charge in [-0.05, 0) is 5.56 Å². The topological polar surface area (TPSA) is 101 Å². The van der Waals surface area contributed by atoms with Gasteiger partial charge in [-0.15, -0.1) is 0 Å². The molecule has 2 heterocycles. The molecule has 4 rings (SSSR count). The quantitative estimate of drug-likeness (QED) is 0.515. The van der Waals surface area contributed by atoms with Gasteiger partial charge in [-0.3, -0.25) is 9.59 Å². The molecule has 0 bridgehead atoms. The van der Waals surface area contributed by atoms with E-state index in [0.717, 1.165) is 16.9 Å². The van der Waals surface area contributed by atoms with Crippen LogP contribution in [-0.4, -0.2) is 21.1 Å². The number of oxazole rings is 1. The van der Waals surface area contributed by atoms with Gasteiger partial charge in [-0.25, -0.2) is 10.1 Å². The second-order valence-corrected chi connectivity index (χ2v) is 6.64. The Morgan fingerprint density at radius 3 is 2.33 bits per heavy atom. The summed E-state index contributed by atoms with van der Waals surface area (Å²) in [4.78, 5) is 29.9. The van der Waals surface area contributed by atoms with Crippen LogP contribution in [0.25, 0.3) is 22.4 Å². The predicted octanol–water partition coefficient (Wildman–Crippen LogP) is 3.58. The van der Waals surface area contributed by atoms with Crippen LogP contribution in [-0.2, 0) is 13.0 Å². The van der Waals surface area contributed by atoms with Crippen LogP contribution in [0.1, 0.15) is 28.9 Å². The van der Waals surface area contributed by atoms with E-state index in [1.807, 2.05) is 67.6 Å². The zero-order valence-electron chi connectivity index (χ0n) is 16.4. The standard InChI is InChI=1S/C23H20N4O3/c1-2-17-13-24-18(30-17)14-25-22(28)20-19(15-9-5-3-6-10-15)21(26-27-23(20)29)16-11-7-4-8-12-16/h3-13H,2,14H2,1H3,(H,25,28)(H,27,29). The number of aromatic nitrogens is 3. The second kappa shape index (κ2) is 8.57. The maximum Gasteiger partial charge on any atom is 0.277 e. The number of nitrogens with zero attached hydrogens (tertiary/aromatic N) is 2. The van der Waals surface area contributed by atoms with Gasteiger partial charge >= 0.3 is 0 Å². The molecular formula is C23H20N4O3. The number of hydrogen-bond acceptors (Lipinski definition) is 5. The summed E-state index contributed by atoms with van der Waals surface area (Å²) in [5.74, 6) is 0.596. The molecule has 0 saturated carbocycles. The molecule has 0 saturated heterocycles. The van der Waals surface area contributed by atoms with Crippen LogP contribution in [0.3, 0.4) is 0 Å². The van der Waals surface area contributed by atoms with Gasteiger partial charge in [0.1, 0.15) is 11.3 Å². The van der Waals surface area contributed by atoms with E-state index in [4.69, 9.17) is 4.42 Å². The lowest BCUT2D eigenvalue weighted by molar-refractivity contribution is 0.0946. The number of benzene rings is 2. The Bertz CT molecular complexity index is 1210. The number of nitrogens with one attached hydrogen (secondary N) is 2. The molecular weight excluding hydrogens is 380 g/mol. The fourth-order valence-corrected chi connectivity index (χ4v) is 3.20. The van der Waals surface area contributed by atoms with Crippen molar-refractivity contribution < 1.29 is 9.21 Å². The van der Waals surface area contributed by atoms with E-state index in [0.29, 0.717) is 23.6 Å². The zero-order chi connectivity index (χ0) is 20.9. The Morgan fingerprint density at radius 1 is 1.03 bits per heavy atom. The molecule has 2 aromatic heterocycles. The van der Waals surface area contributed by atoms with Crippen LogP contribution in [0.5, 0.6) is 0 Å². The smallest absolute Gasteiger partial charge is 0.277 e. The summed E-state index contributed by atoms with van der Waals surface area (Å²) >= 11 is 0. The minimum Gasteiger partial charge on any atom is -0.444 e. The molecule has 0 aliphatic heterocycles. The van der Waals surface area contributed by atoms with E-state index in [2.05, 4.69) is 20.5 Å².